The summed E-state index contributed by atoms with van der Waals surface area (Å²) >= 11 is 7.27. The van der Waals surface area contributed by atoms with E-state index in [-0.39, 0.29) is 5.78 Å². The molecule has 0 bridgehead atoms. The maximum atomic E-state index is 12.4. The van der Waals surface area contributed by atoms with Crippen LogP contribution in [0.5, 0.6) is 0 Å². The van der Waals surface area contributed by atoms with E-state index >= 15 is 0 Å². The van der Waals surface area contributed by atoms with E-state index in [1.54, 1.807) is 12.3 Å². The molecule has 0 fully saturated rings. The van der Waals surface area contributed by atoms with Gasteiger partial charge in [0.1, 0.15) is 0 Å². The molecule has 0 radical (unpaired) electrons. The van der Waals surface area contributed by atoms with Crippen LogP contribution in [0.25, 0.3) is 21.9 Å². The molecule has 0 saturated carbocycles. The fourth-order valence-electron chi connectivity index (χ4n) is 2.50. The molecule has 0 saturated heterocycles. The molecule has 0 aliphatic rings. The Morgan fingerprint density at radius 2 is 1.96 bits per heavy atom. The van der Waals surface area contributed by atoms with Gasteiger partial charge in [-0.1, -0.05) is 59.8 Å². The molecule has 4 nitrogen and oxygen atoms in total. The first-order valence-corrected chi connectivity index (χ1v) is 8.71. The van der Waals surface area contributed by atoms with Gasteiger partial charge < -0.3 is 4.98 Å². The van der Waals surface area contributed by atoms with Gasteiger partial charge in [-0.05, 0) is 22.9 Å². The van der Waals surface area contributed by atoms with Crippen LogP contribution < -0.4 is 0 Å². The Morgan fingerprint density at radius 1 is 1.12 bits per heavy atom. The smallest absolute Gasteiger partial charge is 0.178 e. The minimum atomic E-state index is 0.0669. The zero-order chi connectivity index (χ0) is 16.5. The summed E-state index contributed by atoms with van der Waals surface area (Å²) in [4.78, 5) is 24.1. The Labute approximate surface area is 147 Å². The second-order valence-electron chi connectivity index (χ2n) is 5.34. The number of carbonyl (C=O) groups excluding carboxylic acids is 1. The first kappa shape index (κ1) is 15.2. The summed E-state index contributed by atoms with van der Waals surface area (Å²) in [6, 6.07) is 15.5. The van der Waals surface area contributed by atoms with Gasteiger partial charge in [0, 0.05) is 11.8 Å². The summed E-state index contributed by atoms with van der Waals surface area (Å²) in [5.74, 6) is 0.378. The first-order valence-electron chi connectivity index (χ1n) is 7.35. The molecule has 4 rings (SSSR count). The van der Waals surface area contributed by atoms with Crippen LogP contribution >= 0.6 is 23.4 Å². The zero-order valence-corrected chi connectivity index (χ0v) is 14.1. The van der Waals surface area contributed by atoms with Crippen molar-refractivity contribution in [1.29, 1.82) is 0 Å². The lowest BCUT2D eigenvalue weighted by atomic mass is 10.1. The van der Waals surface area contributed by atoms with Crippen LogP contribution in [-0.4, -0.2) is 26.5 Å². The van der Waals surface area contributed by atoms with E-state index in [4.69, 9.17) is 11.6 Å². The number of nitrogens with one attached hydrogen (secondary N) is 1. The molecular weight excluding hydrogens is 342 g/mol. The molecule has 0 unspecified atom stereocenters. The van der Waals surface area contributed by atoms with E-state index in [2.05, 4.69) is 15.0 Å². The van der Waals surface area contributed by atoms with Gasteiger partial charge in [-0.2, -0.15) is 0 Å². The van der Waals surface area contributed by atoms with E-state index in [0.717, 1.165) is 16.3 Å². The van der Waals surface area contributed by atoms with E-state index in [1.807, 2.05) is 42.5 Å². The Kier molecular flexibility index (Phi) is 3.96. The number of H-pyrrole nitrogens is 1. The number of carbonyl (C=O) groups is 1. The highest BCUT2D eigenvalue weighted by Crippen LogP contribution is 2.22. The van der Waals surface area contributed by atoms with Gasteiger partial charge in [-0.25, -0.2) is 9.97 Å². The number of ketones is 1. The Bertz CT molecular complexity index is 1060. The monoisotopic (exact) mass is 353 g/mol. The van der Waals surface area contributed by atoms with Gasteiger partial charge in [-0.15, -0.1) is 0 Å². The molecule has 2 aromatic carbocycles. The summed E-state index contributed by atoms with van der Waals surface area (Å²) < 4.78 is 0. The van der Waals surface area contributed by atoms with Gasteiger partial charge in [0.25, 0.3) is 0 Å². The second kappa shape index (κ2) is 6.26. The normalized spacial score (nSPS) is 11.2. The lowest BCUT2D eigenvalue weighted by Crippen LogP contribution is -2.02. The predicted octanol–water partition coefficient (Wildman–Crippen LogP) is 4.74. The summed E-state index contributed by atoms with van der Waals surface area (Å²) in [7, 11) is 0. The van der Waals surface area contributed by atoms with Gasteiger partial charge in [0.15, 0.2) is 16.6 Å². The molecular formula is C18H12ClN3OS. The minimum Gasteiger partial charge on any atom is -0.331 e. The van der Waals surface area contributed by atoms with Crippen molar-refractivity contribution in [3.63, 3.8) is 0 Å². The number of imidazole rings is 1. The number of rotatable bonds is 4. The minimum absolute atomic E-state index is 0.0669. The average Bonchev–Trinajstić information content (AvgIpc) is 3.01. The van der Waals surface area contributed by atoms with Gasteiger partial charge in [0.2, 0.25) is 0 Å². The summed E-state index contributed by atoms with van der Waals surface area (Å²) in [5.41, 5.74) is 2.07. The summed E-state index contributed by atoms with van der Waals surface area (Å²) in [6.07, 6.45) is 1.55. The number of nitrogens with zero attached hydrogens (tertiary/aromatic N) is 2. The average molecular weight is 354 g/mol. The number of fused-ring (bicyclic) bond motifs is 2. The molecule has 1 N–H and O–H groups in total. The Morgan fingerprint density at radius 3 is 2.83 bits per heavy atom. The molecule has 4 aromatic rings. The SMILES string of the molecule is O=C(CSc1nc2ncc(Cl)cc2[nH]1)c1ccc2ccccc2c1. The van der Waals surface area contributed by atoms with Crippen molar-refractivity contribution in [2.75, 3.05) is 5.75 Å². The zero-order valence-electron chi connectivity index (χ0n) is 12.5. The quantitative estimate of drug-likeness (QED) is 0.425. The van der Waals surface area contributed by atoms with Crippen LogP contribution in [0, 0.1) is 0 Å². The third kappa shape index (κ3) is 3.00. The highest BCUT2D eigenvalue weighted by atomic mass is 35.5. The number of benzene rings is 2. The molecule has 2 aromatic heterocycles. The van der Waals surface area contributed by atoms with Crippen LogP contribution in [0.4, 0.5) is 0 Å². The van der Waals surface area contributed by atoms with Crippen LogP contribution in [0.1, 0.15) is 10.4 Å². The summed E-state index contributed by atoms with van der Waals surface area (Å²) in [5, 5.41) is 3.40. The third-order valence-electron chi connectivity index (χ3n) is 3.69. The van der Waals surface area contributed by atoms with Crippen LogP contribution in [0.15, 0.2) is 59.9 Å². The largest absolute Gasteiger partial charge is 0.331 e. The number of thioether (sulfide) groups is 1. The van der Waals surface area contributed by atoms with Crippen LogP contribution in [0.2, 0.25) is 5.02 Å². The molecule has 2 heterocycles. The first-order chi connectivity index (χ1) is 11.7. The lowest BCUT2D eigenvalue weighted by Gasteiger charge is -2.02. The second-order valence-corrected chi connectivity index (χ2v) is 6.74. The van der Waals surface area contributed by atoms with E-state index in [9.17, 15) is 4.79 Å². The van der Waals surface area contributed by atoms with E-state index in [0.29, 0.717) is 27.1 Å². The van der Waals surface area contributed by atoms with E-state index < -0.39 is 0 Å². The van der Waals surface area contributed by atoms with Crippen molar-refractivity contribution >= 4 is 51.1 Å². The van der Waals surface area contributed by atoms with Crippen LogP contribution in [0.3, 0.4) is 0 Å². The Balaban J connectivity index is 1.52. The molecule has 0 aliphatic carbocycles. The van der Waals surface area contributed by atoms with Crippen molar-refractivity contribution in [3.8, 4) is 0 Å². The van der Waals surface area contributed by atoms with Crippen molar-refractivity contribution < 1.29 is 4.79 Å². The lowest BCUT2D eigenvalue weighted by molar-refractivity contribution is 0.102. The standard InChI is InChI=1S/C18H12ClN3OS/c19-14-8-15-17(20-9-14)22-18(21-15)24-10-16(23)13-6-5-11-3-1-2-4-12(11)7-13/h1-9H,10H2,(H,20,21,22). The maximum absolute atomic E-state index is 12.4. The predicted molar refractivity (Wildman–Crippen MR) is 97.9 cm³/mol. The number of Topliss-reactive ketones (excluding diaryl/α,β-unsaturated/α-hetero) is 1. The maximum Gasteiger partial charge on any atom is 0.178 e. The van der Waals surface area contributed by atoms with Gasteiger partial charge in [-0.3, -0.25) is 4.79 Å². The fourth-order valence-corrected chi connectivity index (χ4v) is 3.43. The number of aromatic nitrogens is 3. The van der Waals surface area contributed by atoms with Crippen molar-refractivity contribution in [1.82, 2.24) is 15.0 Å². The van der Waals surface area contributed by atoms with Crippen molar-refractivity contribution in [3.05, 3.63) is 65.3 Å². The highest BCUT2D eigenvalue weighted by molar-refractivity contribution is 7.99. The molecule has 0 amide bonds. The van der Waals surface area contributed by atoms with Crippen molar-refractivity contribution in [2.24, 2.45) is 0 Å². The number of hydrogen-bond acceptors (Lipinski definition) is 4. The molecule has 0 spiro atoms. The molecule has 0 atom stereocenters. The highest BCUT2D eigenvalue weighted by Gasteiger charge is 2.10. The number of aromatic amines is 1. The topological polar surface area (TPSA) is 58.6 Å². The number of pyridine rings is 1. The fraction of sp³-hybridized carbons (Fsp3) is 0.0556. The third-order valence-corrected chi connectivity index (χ3v) is 4.77. The van der Waals surface area contributed by atoms with Gasteiger partial charge >= 0.3 is 0 Å². The van der Waals surface area contributed by atoms with Crippen LogP contribution in [-0.2, 0) is 0 Å². The molecule has 0 aliphatic heterocycles. The Hall–Kier alpha value is -2.37. The number of hydrogen-bond donors (Lipinski definition) is 1. The molecule has 118 valence electrons. The molecule has 24 heavy (non-hydrogen) atoms. The van der Waals surface area contributed by atoms with E-state index in [1.165, 1.54) is 11.8 Å². The summed E-state index contributed by atoms with van der Waals surface area (Å²) in [6.45, 7) is 0. The van der Waals surface area contributed by atoms with Crippen molar-refractivity contribution in [2.45, 2.75) is 5.16 Å². The van der Waals surface area contributed by atoms with Gasteiger partial charge in [0.05, 0.1) is 16.3 Å². The number of halogens is 1. The molecule has 6 heteroatoms.